The standard InChI is InChI=1S/C33H31FN2O4S/c1-24-33(37)35(23-25-10-16-29(34)17-11-25)32(28-12-18-30(40-2)19-13-28)9-6-22-36(24)41(38,39)31-20-14-27(15-21-31)26-7-4-3-5-8-26/h3-21,24,32H,22-23H2,1-2H3/b9-6-/t24-,32?/m0/s1. The molecule has 6 nitrogen and oxygen atoms in total. The van der Waals surface area contributed by atoms with Gasteiger partial charge in [0.15, 0.2) is 0 Å². The summed E-state index contributed by atoms with van der Waals surface area (Å²) in [6.45, 7) is 1.82. The number of rotatable bonds is 7. The molecule has 4 aromatic rings. The van der Waals surface area contributed by atoms with Crippen molar-refractivity contribution in [2.45, 2.75) is 30.4 Å². The number of nitrogens with zero attached hydrogens (tertiary/aromatic N) is 2. The molecule has 210 valence electrons. The largest absolute Gasteiger partial charge is 0.497 e. The van der Waals surface area contributed by atoms with Crippen LogP contribution in [0.15, 0.2) is 120 Å². The SMILES string of the molecule is COc1ccc(C2/C=C\CN(S(=O)(=O)c3ccc(-c4ccccc4)cc3)[C@@H](C)C(=O)N2Cc2ccc(F)cc2)cc1. The van der Waals surface area contributed by atoms with Crippen molar-refractivity contribution >= 4 is 15.9 Å². The fourth-order valence-electron chi connectivity index (χ4n) is 5.00. The van der Waals surface area contributed by atoms with Gasteiger partial charge in [0.1, 0.15) is 17.6 Å². The van der Waals surface area contributed by atoms with Crippen LogP contribution in [0.25, 0.3) is 11.1 Å². The first-order valence-corrected chi connectivity index (χ1v) is 14.7. The Morgan fingerprint density at radius 1 is 0.854 bits per heavy atom. The van der Waals surface area contributed by atoms with E-state index in [1.807, 2.05) is 60.7 Å². The fourth-order valence-corrected chi connectivity index (χ4v) is 6.54. The number of methoxy groups -OCH3 is 1. The number of amides is 1. The van der Waals surface area contributed by atoms with E-state index in [1.54, 1.807) is 61.4 Å². The van der Waals surface area contributed by atoms with Gasteiger partial charge >= 0.3 is 0 Å². The zero-order valence-corrected chi connectivity index (χ0v) is 23.7. The van der Waals surface area contributed by atoms with Gasteiger partial charge in [-0.2, -0.15) is 4.31 Å². The highest BCUT2D eigenvalue weighted by atomic mass is 32.2. The summed E-state index contributed by atoms with van der Waals surface area (Å²) < 4.78 is 47.8. The van der Waals surface area contributed by atoms with Gasteiger partial charge in [-0.15, -0.1) is 0 Å². The fraction of sp³-hybridized carbons (Fsp3) is 0.182. The van der Waals surface area contributed by atoms with Gasteiger partial charge in [-0.3, -0.25) is 4.79 Å². The van der Waals surface area contributed by atoms with Crippen molar-refractivity contribution in [1.29, 1.82) is 0 Å². The number of hydrogen-bond acceptors (Lipinski definition) is 4. The van der Waals surface area contributed by atoms with Crippen molar-refractivity contribution in [2.24, 2.45) is 0 Å². The van der Waals surface area contributed by atoms with Crippen LogP contribution in [0.3, 0.4) is 0 Å². The van der Waals surface area contributed by atoms with E-state index in [9.17, 15) is 17.6 Å². The maximum Gasteiger partial charge on any atom is 0.244 e. The average Bonchev–Trinajstić information content (AvgIpc) is 3.00. The van der Waals surface area contributed by atoms with Gasteiger partial charge in [-0.25, -0.2) is 12.8 Å². The molecule has 0 fully saturated rings. The maximum atomic E-state index is 14.1. The van der Waals surface area contributed by atoms with Gasteiger partial charge in [0.05, 0.1) is 18.0 Å². The first-order chi connectivity index (χ1) is 19.8. The summed E-state index contributed by atoms with van der Waals surface area (Å²) in [5.41, 5.74) is 3.45. The van der Waals surface area contributed by atoms with E-state index < -0.39 is 22.1 Å². The molecule has 1 heterocycles. The Morgan fingerprint density at radius 3 is 2.12 bits per heavy atom. The van der Waals surface area contributed by atoms with Crippen LogP contribution in [0.4, 0.5) is 4.39 Å². The van der Waals surface area contributed by atoms with E-state index >= 15 is 0 Å². The van der Waals surface area contributed by atoms with Crippen molar-refractivity contribution in [3.63, 3.8) is 0 Å². The van der Waals surface area contributed by atoms with Crippen LogP contribution >= 0.6 is 0 Å². The quantitative estimate of drug-likeness (QED) is 0.248. The smallest absolute Gasteiger partial charge is 0.244 e. The lowest BCUT2D eigenvalue weighted by Gasteiger charge is -2.37. The molecule has 0 N–H and O–H groups in total. The van der Waals surface area contributed by atoms with Gasteiger partial charge in [-0.1, -0.05) is 78.9 Å². The minimum atomic E-state index is -4.01. The molecule has 8 heteroatoms. The predicted octanol–water partition coefficient (Wildman–Crippen LogP) is 6.22. The lowest BCUT2D eigenvalue weighted by atomic mass is 10.0. The Kier molecular flexibility index (Phi) is 8.33. The molecule has 0 saturated heterocycles. The maximum absolute atomic E-state index is 14.1. The van der Waals surface area contributed by atoms with E-state index in [0.717, 1.165) is 22.3 Å². The molecule has 0 aliphatic carbocycles. The summed E-state index contributed by atoms with van der Waals surface area (Å²) in [6, 6.07) is 28.3. The van der Waals surface area contributed by atoms with Crippen LogP contribution in [0.5, 0.6) is 5.75 Å². The van der Waals surface area contributed by atoms with Crippen LogP contribution in [-0.4, -0.2) is 43.2 Å². The minimum Gasteiger partial charge on any atom is -0.497 e. The lowest BCUT2D eigenvalue weighted by Crippen LogP contribution is -2.51. The molecular formula is C33H31FN2O4S. The summed E-state index contributed by atoms with van der Waals surface area (Å²) >= 11 is 0. The van der Waals surface area contributed by atoms with E-state index in [2.05, 4.69) is 0 Å². The molecule has 1 aliphatic heterocycles. The van der Waals surface area contributed by atoms with Crippen LogP contribution in [0.1, 0.15) is 24.1 Å². The first kappa shape index (κ1) is 28.3. The third kappa shape index (κ3) is 6.09. The third-order valence-electron chi connectivity index (χ3n) is 7.30. The molecule has 0 saturated carbocycles. The van der Waals surface area contributed by atoms with E-state index in [4.69, 9.17) is 4.74 Å². The number of carbonyl (C=O) groups is 1. The Hall–Kier alpha value is -4.27. The highest BCUT2D eigenvalue weighted by molar-refractivity contribution is 7.89. The molecule has 5 rings (SSSR count). The second kappa shape index (κ2) is 12.1. The van der Waals surface area contributed by atoms with Crippen molar-refractivity contribution < 1.29 is 22.3 Å². The van der Waals surface area contributed by atoms with Gasteiger partial charge < -0.3 is 9.64 Å². The Balaban J connectivity index is 1.49. The molecule has 0 aromatic heterocycles. The topological polar surface area (TPSA) is 66.9 Å². The van der Waals surface area contributed by atoms with Crippen molar-refractivity contribution in [3.05, 3.63) is 132 Å². The normalized spacial score (nSPS) is 18.9. The summed E-state index contributed by atoms with van der Waals surface area (Å²) in [6.07, 6.45) is 3.63. The second-order valence-corrected chi connectivity index (χ2v) is 11.8. The molecular weight excluding hydrogens is 539 g/mol. The Labute approximate surface area is 240 Å². The molecule has 41 heavy (non-hydrogen) atoms. The number of ether oxygens (including phenoxy) is 1. The predicted molar refractivity (Wildman–Crippen MR) is 157 cm³/mol. The number of carbonyl (C=O) groups excluding carboxylic acids is 1. The number of hydrogen-bond donors (Lipinski definition) is 0. The van der Waals surface area contributed by atoms with Crippen molar-refractivity contribution in [1.82, 2.24) is 9.21 Å². The molecule has 1 unspecified atom stereocenters. The summed E-state index contributed by atoms with van der Waals surface area (Å²) in [7, 11) is -2.42. The van der Waals surface area contributed by atoms with Crippen LogP contribution in [-0.2, 0) is 21.4 Å². The number of halogens is 1. The lowest BCUT2D eigenvalue weighted by molar-refractivity contribution is -0.137. The van der Waals surface area contributed by atoms with Gasteiger partial charge in [0.25, 0.3) is 0 Å². The monoisotopic (exact) mass is 570 g/mol. The summed E-state index contributed by atoms with van der Waals surface area (Å²) in [4.78, 5) is 15.8. The van der Waals surface area contributed by atoms with Crippen LogP contribution < -0.4 is 4.74 Å². The Bertz CT molecular complexity index is 1620. The first-order valence-electron chi connectivity index (χ1n) is 13.3. The van der Waals surface area contributed by atoms with Crippen LogP contribution in [0, 0.1) is 5.82 Å². The number of benzene rings is 4. The highest BCUT2D eigenvalue weighted by Gasteiger charge is 2.38. The van der Waals surface area contributed by atoms with Gasteiger partial charge in [0, 0.05) is 13.1 Å². The molecule has 0 bridgehead atoms. The van der Waals surface area contributed by atoms with E-state index in [-0.39, 0.29) is 29.7 Å². The molecule has 1 aliphatic rings. The van der Waals surface area contributed by atoms with Gasteiger partial charge in [-0.05, 0) is 65.6 Å². The molecule has 1 amide bonds. The molecule has 2 atom stereocenters. The average molecular weight is 571 g/mol. The zero-order valence-electron chi connectivity index (χ0n) is 22.9. The Morgan fingerprint density at radius 2 is 1.49 bits per heavy atom. The number of sulfonamides is 1. The summed E-state index contributed by atoms with van der Waals surface area (Å²) in [5, 5.41) is 0. The van der Waals surface area contributed by atoms with E-state index in [1.165, 1.54) is 16.4 Å². The minimum absolute atomic E-state index is 0.0344. The third-order valence-corrected chi connectivity index (χ3v) is 9.25. The van der Waals surface area contributed by atoms with E-state index in [0.29, 0.717) is 5.75 Å². The zero-order chi connectivity index (χ0) is 29.0. The second-order valence-electron chi connectivity index (χ2n) is 9.88. The van der Waals surface area contributed by atoms with Crippen molar-refractivity contribution in [3.8, 4) is 16.9 Å². The van der Waals surface area contributed by atoms with Crippen LogP contribution in [0.2, 0.25) is 0 Å². The molecule has 0 radical (unpaired) electrons. The van der Waals surface area contributed by atoms with Crippen molar-refractivity contribution in [2.75, 3.05) is 13.7 Å². The molecule has 4 aromatic carbocycles. The highest BCUT2D eigenvalue weighted by Crippen LogP contribution is 2.31. The summed E-state index contributed by atoms with van der Waals surface area (Å²) in [5.74, 6) is -0.0452. The molecule has 0 spiro atoms. The van der Waals surface area contributed by atoms with Gasteiger partial charge in [0.2, 0.25) is 15.9 Å².